The normalized spacial score (nSPS) is 11.5. The van der Waals surface area contributed by atoms with Crippen LogP contribution in [0.15, 0.2) is 24.8 Å². The Labute approximate surface area is 100 Å². The van der Waals surface area contributed by atoms with Crippen LogP contribution in [0.25, 0.3) is 3.58 Å². The molecule has 0 N–H and O–H groups in total. The lowest BCUT2D eigenvalue weighted by atomic mass is 10.0. The van der Waals surface area contributed by atoms with Gasteiger partial charge in [-0.05, 0) is 46.2 Å². The quantitative estimate of drug-likeness (QED) is 0.693. The molecule has 1 aromatic rings. The molecule has 0 aliphatic heterocycles. The Morgan fingerprint density at radius 3 is 2.40 bits per heavy atom. The Morgan fingerprint density at radius 2 is 2.00 bits per heavy atom. The van der Waals surface area contributed by atoms with Crippen LogP contribution in [0.2, 0.25) is 0 Å². The molecule has 0 fully saturated rings. The average Bonchev–Trinajstić information content (AvgIpc) is 2.15. The predicted molar refractivity (Wildman–Crippen MR) is 63.9 cm³/mol. The van der Waals surface area contributed by atoms with Crippen LogP contribution in [0.4, 0.5) is 13.2 Å². The molecule has 0 heterocycles. The number of aryl methyl sites for hydroxylation is 1. The molecule has 4 heteroatoms. The summed E-state index contributed by atoms with van der Waals surface area (Å²) in [7, 11) is 0. The molecule has 0 spiro atoms. The Balaban J connectivity index is 3.36. The lowest BCUT2D eigenvalue weighted by Crippen LogP contribution is -2.08. The van der Waals surface area contributed by atoms with Crippen molar-refractivity contribution < 1.29 is 13.2 Å². The fourth-order valence-electron chi connectivity index (χ4n) is 1.28. The maximum Gasteiger partial charge on any atom is 0.417 e. The topological polar surface area (TPSA) is 0 Å². The van der Waals surface area contributed by atoms with E-state index in [9.17, 15) is 13.2 Å². The standard InChI is InChI=1S/C11H10F3I/c1-3-8-4-5-9(7(2)15)10(6-8)11(12,13)14/h4-6H,2-3H2,1H3. The molecule has 82 valence electrons. The van der Waals surface area contributed by atoms with E-state index < -0.39 is 11.7 Å². The SMILES string of the molecule is C=C(I)c1ccc(CC)cc1C(F)(F)F. The van der Waals surface area contributed by atoms with Crippen LogP contribution in [-0.4, -0.2) is 0 Å². The first-order chi connectivity index (χ1) is 6.86. The van der Waals surface area contributed by atoms with Gasteiger partial charge in [-0.3, -0.25) is 0 Å². The Bertz CT molecular complexity index is 380. The highest BCUT2D eigenvalue weighted by Crippen LogP contribution is 2.36. The fourth-order valence-corrected chi connectivity index (χ4v) is 1.75. The zero-order valence-corrected chi connectivity index (χ0v) is 10.3. The van der Waals surface area contributed by atoms with E-state index in [1.807, 2.05) is 6.92 Å². The van der Waals surface area contributed by atoms with E-state index in [-0.39, 0.29) is 5.56 Å². The van der Waals surface area contributed by atoms with Crippen molar-refractivity contribution in [2.75, 3.05) is 0 Å². The maximum atomic E-state index is 12.7. The van der Waals surface area contributed by atoms with E-state index in [2.05, 4.69) is 6.58 Å². The summed E-state index contributed by atoms with van der Waals surface area (Å²) in [5.41, 5.74) is 0.255. The van der Waals surface area contributed by atoms with Crippen LogP contribution in [0.1, 0.15) is 23.6 Å². The first-order valence-electron chi connectivity index (χ1n) is 4.41. The third-order valence-electron chi connectivity index (χ3n) is 2.09. The molecule has 0 bridgehead atoms. The van der Waals surface area contributed by atoms with Crippen molar-refractivity contribution in [1.29, 1.82) is 0 Å². The molecule has 0 aliphatic carbocycles. The molecule has 0 amide bonds. The summed E-state index contributed by atoms with van der Waals surface area (Å²) in [6, 6.07) is 4.38. The van der Waals surface area contributed by atoms with Gasteiger partial charge >= 0.3 is 6.18 Å². The summed E-state index contributed by atoms with van der Waals surface area (Å²) in [5.74, 6) is 0. The van der Waals surface area contributed by atoms with E-state index >= 15 is 0 Å². The van der Waals surface area contributed by atoms with Gasteiger partial charge in [0.25, 0.3) is 0 Å². The summed E-state index contributed by atoms with van der Waals surface area (Å²) >= 11 is 1.80. The van der Waals surface area contributed by atoms with Crippen LogP contribution >= 0.6 is 22.6 Å². The van der Waals surface area contributed by atoms with Gasteiger partial charge in [0.1, 0.15) is 0 Å². The van der Waals surface area contributed by atoms with Gasteiger partial charge in [0.2, 0.25) is 0 Å². The molecule has 0 nitrogen and oxygen atoms in total. The lowest BCUT2D eigenvalue weighted by Gasteiger charge is -2.13. The van der Waals surface area contributed by atoms with Crippen molar-refractivity contribution >= 4 is 26.2 Å². The van der Waals surface area contributed by atoms with Gasteiger partial charge in [-0.15, -0.1) is 0 Å². The summed E-state index contributed by atoms with van der Waals surface area (Å²) < 4.78 is 38.4. The van der Waals surface area contributed by atoms with Gasteiger partial charge in [-0.1, -0.05) is 25.6 Å². The summed E-state index contributed by atoms with van der Waals surface area (Å²) in [5, 5.41) is 0. The molecular weight excluding hydrogens is 316 g/mol. The Hall–Kier alpha value is -0.520. The van der Waals surface area contributed by atoms with Gasteiger partial charge in [-0.2, -0.15) is 13.2 Å². The van der Waals surface area contributed by atoms with Crippen molar-refractivity contribution in [2.45, 2.75) is 19.5 Å². The number of hydrogen-bond acceptors (Lipinski definition) is 0. The molecule has 0 saturated carbocycles. The molecule has 1 aromatic carbocycles. The highest BCUT2D eigenvalue weighted by molar-refractivity contribution is 14.1. The summed E-state index contributed by atoms with van der Waals surface area (Å²) in [4.78, 5) is 0. The second kappa shape index (κ2) is 4.55. The van der Waals surface area contributed by atoms with Crippen molar-refractivity contribution in [3.05, 3.63) is 41.5 Å². The van der Waals surface area contributed by atoms with Gasteiger partial charge in [0.15, 0.2) is 0 Å². The van der Waals surface area contributed by atoms with Crippen LogP contribution in [0.5, 0.6) is 0 Å². The van der Waals surface area contributed by atoms with Gasteiger partial charge in [0, 0.05) is 3.58 Å². The largest absolute Gasteiger partial charge is 0.417 e. The van der Waals surface area contributed by atoms with E-state index in [0.29, 0.717) is 15.6 Å². The number of halogens is 4. The number of alkyl halides is 3. The third-order valence-corrected chi connectivity index (χ3v) is 2.67. The minimum atomic E-state index is -4.31. The highest BCUT2D eigenvalue weighted by Gasteiger charge is 2.33. The van der Waals surface area contributed by atoms with Crippen LogP contribution in [0.3, 0.4) is 0 Å². The molecule has 0 unspecified atom stereocenters. The maximum absolute atomic E-state index is 12.7. The molecule has 0 saturated heterocycles. The van der Waals surface area contributed by atoms with E-state index in [1.165, 1.54) is 12.1 Å². The number of hydrogen-bond donors (Lipinski definition) is 0. The summed E-state index contributed by atoms with van der Waals surface area (Å²) in [6.45, 7) is 5.37. The Morgan fingerprint density at radius 1 is 1.40 bits per heavy atom. The van der Waals surface area contributed by atoms with Crippen molar-refractivity contribution in [3.63, 3.8) is 0 Å². The minimum absolute atomic E-state index is 0.167. The first-order valence-corrected chi connectivity index (χ1v) is 5.49. The predicted octanol–water partition coefficient (Wildman–Crippen LogP) is 4.67. The third kappa shape index (κ3) is 2.96. The van der Waals surface area contributed by atoms with Crippen molar-refractivity contribution in [1.82, 2.24) is 0 Å². The first kappa shape index (κ1) is 12.5. The minimum Gasteiger partial charge on any atom is -0.166 e. The summed E-state index contributed by atoms with van der Waals surface area (Å²) in [6.07, 6.45) is -3.72. The molecular formula is C11H10F3I. The number of benzene rings is 1. The van der Waals surface area contributed by atoms with E-state index in [0.717, 1.165) is 0 Å². The van der Waals surface area contributed by atoms with Gasteiger partial charge in [-0.25, -0.2) is 0 Å². The zero-order valence-electron chi connectivity index (χ0n) is 8.16. The lowest BCUT2D eigenvalue weighted by molar-refractivity contribution is -0.137. The second-order valence-electron chi connectivity index (χ2n) is 3.14. The molecule has 0 atom stereocenters. The zero-order chi connectivity index (χ0) is 11.6. The second-order valence-corrected chi connectivity index (χ2v) is 4.44. The van der Waals surface area contributed by atoms with Crippen molar-refractivity contribution in [3.8, 4) is 0 Å². The van der Waals surface area contributed by atoms with Crippen molar-refractivity contribution in [2.24, 2.45) is 0 Å². The molecule has 0 aromatic heterocycles. The number of rotatable bonds is 2. The highest BCUT2D eigenvalue weighted by atomic mass is 127. The average molecular weight is 326 g/mol. The fraction of sp³-hybridized carbons (Fsp3) is 0.273. The van der Waals surface area contributed by atoms with Crippen LogP contribution < -0.4 is 0 Å². The molecule has 0 radical (unpaired) electrons. The molecule has 0 aliphatic rings. The van der Waals surface area contributed by atoms with Crippen LogP contribution in [0, 0.1) is 0 Å². The smallest absolute Gasteiger partial charge is 0.166 e. The van der Waals surface area contributed by atoms with E-state index in [4.69, 9.17) is 0 Å². The van der Waals surface area contributed by atoms with Crippen LogP contribution in [-0.2, 0) is 12.6 Å². The molecule has 1 rings (SSSR count). The van der Waals surface area contributed by atoms with Gasteiger partial charge < -0.3 is 0 Å². The molecule has 15 heavy (non-hydrogen) atoms. The Kier molecular flexibility index (Phi) is 3.81. The van der Waals surface area contributed by atoms with E-state index in [1.54, 1.807) is 28.7 Å². The van der Waals surface area contributed by atoms with Gasteiger partial charge in [0.05, 0.1) is 5.56 Å². The monoisotopic (exact) mass is 326 g/mol.